The van der Waals surface area contributed by atoms with Gasteiger partial charge in [-0.1, -0.05) is 78.9 Å². The van der Waals surface area contributed by atoms with E-state index in [0.717, 1.165) is 34.4 Å². The van der Waals surface area contributed by atoms with Crippen LogP contribution < -0.4 is 4.90 Å². The summed E-state index contributed by atoms with van der Waals surface area (Å²) in [4.78, 5) is 15.9. The fraction of sp³-hybridized carbons (Fsp3) is 0.182. The highest BCUT2D eigenvalue weighted by Gasteiger charge is 2.54. The van der Waals surface area contributed by atoms with Crippen LogP contribution in [0.3, 0.4) is 0 Å². The maximum absolute atomic E-state index is 14.3. The first-order valence-corrected chi connectivity index (χ1v) is 14.0. The van der Waals surface area contributed by atoms with Crippen molar-refractivity contribution >= 4 is 33.0 Å². The lowest BCUT2D eigenvalue weighted by Crippen LogP contribution is -2.43. The van der Waals surface area contributed by atoms with E-state index in [1.807, 2.05) is 84.2 Å². The quantitative estimate of drug-likeness (QED) is 0.266. The van der Waals surface area contributed by atoms with E-state index in [1.165, 1.54) is 24.2 Å². The van der Waals surface area contributed by atoms with Gasteiger partial charge in [-0.15, -0.1) is 11.3 Å². The molecule has 1 fully saturated rings. The SMILES string of the molecule is C1CCOC1.O=C1N(C(c2ccccc2)c2ccccc2)c2ccccc2C1(O)c1cc2sccc2cc1O. The molecule has 2 N–H and O–H groups in total. The number of anilines is 1. The maximum atomic E-state index is 14.3. The Morgan fingerprint density at radius 1 is 0.795 bits per heavy atom. The summed E-state index contributed by atoms with van der Waals surface area (Å²) in [7, 11) is 0. The Labute approximate surface area is 231 Å². The molecule has 2 aliphatic rings. The summed E-state index contributed by atoms with van der Waals surface area (Å²) in [6.07, 6.45) is 2.56. The molecular formula is C33H29NO4S. The number of carbonyl (C=O) groups is 1. The van der Waals surface area contributed by atoms with Crippen LogP contribution in [-0.4, -0.2) is 29.3 Å². The van der Waals surface area contributed by atoms with Crippen LogP contribution in [0.2, 0.25) is 0 Å². The summed E-state index contributed by atoms with van der Waals surface area (Å²) < 4.78 is 5.84. The predicted octanol–water partition coefficient (Wildman–Crippen LogP) is 6.78. The van der Waals surface area contributed by atoms with Crippen LogP contribution in [0.4, 0.5) is 5.69 Å². The third-order valence-electron chi connectivity index (χ3n) is 7.36. The first-order valence-electron chi connectivity index (χ1n) is 13.1. The molecule has 0 spiro atoms. The lowest BCUT2D eigenvalue weighted by atomic mass is 9.86. The lowest BCUT2D eigenvalue weighted by Gasteiger charge is -2.31. The zero-order valence-corrected chi connectivity index (χ0v) is 22.2. The summed E-state index contributed by atoms with van der Waals surface area (Å²) in [5, 5.41) is 25.9. The molecule has 5 aromatic rings. The van der Waals surface area contributed by atoms with E-state index in [0.29, 0.717) is 11.3 Å². The number of benzene rings is 4. The number of para-hydroxylation sites is 1. The normalized spacial score (nSPS) is 18.3. The minimum atomic E-state index is -2.01. The number of rotatable bonds is 4. The second-order valence-electron chi connectivity index (χ2n) is 9.77. The van der Waals surface area contributed by atoms with Gasteiger partial charge in [0.2, 0.25) is 0 Å². The molecule has 1 saturated heterocycles. The Balaban J connectivity index is 0.000000500. The number of aliphatic hydroxyl groups is 1. The van der Waals surface area contributed by atoms with Crippen molar-refractivity contribution in [3.8, 4) is 5.75 Å². The number of aromatic hydroxyl groups is 1. The number of nitrogens with zero attached hydrogens (tertiary/aromatic N) is 1. The van der Waals surface area contributed by atoms with Gasteiger partial charge in [0, 0.05) is 29.0 Å². The zero-order valence-electron chi connectivity index (χ0n) is 21.4. The molecule has 39 heavy (non-hydrogen) atoms. The topological polar surface area (TPSA) is 70.0 Å². The van der Waals surface area contributed by atoms with E-state index in [-0.39, 0.29) is 11.3 Å². The summed E-state index contributed by atoms with van der Waals surface area (Å²) in [6.45, 7) is 2.00. The van der Waals surface area contributed by atoms with Crippen molar-refractivity contribution in [2.45, 2.75) is 24.5 Å². The molecule has 1 unspecified atom stereocenters. The van der Waals surface area contributed by atoms with Crippen molar-refractivity contribution < 1.29 is 19.7 Å². The van der Waals surface area contributed by atoms with Crippen LogP contribution in [0.25, 0.3) is 10.1 Å². The molecule has 0 aliphatic carbocycles. The van der Waals surface area contributed by atoms with Crippen LogP contribution >= 0.6 is 11.3 Å². The van der Waals surface area contributed by atoms with Crippen LogP contribution in [0.5, 0.6) is 5.75 Å². The molecule has 1 amide bonds. The molecule has 1 aromatic heterocycles. The van der Waals surface area contributed by atoms with E-state index >= 15 is 0 Å². The van der Waals surface area contributed by atoms with Gasteiger partial charge >= 0.3 is 0 Å². The minimum absolute atomic E-state index is 0.102. The first-order chi connectivity index (χ1) is 19.1. The molecule has 5 nitrogen and oxygen atoms in total. The van der Waals surface area contributed by atoms with E-state index < -0.39 is 17.6 Å². The number of phenols is 1. The molecule has 0 bridgehead atoms. The fourth-order valence-corrected chi connectivity index (χ4v) is 6.27. The Morgan fingerprint density at radius 3 is 2.03 bits per heavy atom. The highest BCUT2D eigenvalue weighted by atomic mass is 32.1. The van der Waals surface area contributed by atoms with Gasteiger partial charge in [-0.3, -0.25) is 9.69 Å². The van der Waals surface area contributed by atoms with Gasteiger partial charge in [0.25, 0.3) is 5.91 Å². The van der Waals surface area contributed by atoms with Crippen LogP contribution in [-0.2, 0) is 15.1 Å². The van der Waals surface area contributed by atoms with Gasteiger partial charge in [0.05, 0.1) is 11.7 Å². The monoisotopic (exact) mass is 535 g/mol. The molecule has 0 saturated carbocycles. The molecule has 4 aromatic carbocycles. The third kappa shape index (κ3) is 4.51. The number of hydrogen-bond donors (Lipinski definition) is 2. The molecule has 2 aliphatic heterocycles. The molecular weight excluding hydrogens is 506 g/mol. The molecule has 0 radical (unpaired) electrons. The molecule has 1 atom stereocenters. The number of phenolic OH excluding ortho intramolecular Hbond substituents is 1. The van der Waals surface area contributed by atoms with Gasteiger partial charge in [-0.25, -0.2) is 0 Å². The van der Waals surface area contributed by atoms with E-state index in [1.54, 1.807) is 29.2 Å². The van der Waals surface area contributed by atoms with Gasteiger partial charge in [0.15, 0.2) is 5.60 Å². The van der Waals surface area contributed by atoms with Gasteiger partial charge in [-0.2, -0.15) is 0 Å². The Kier molecular flexibility index (Phi) is 6.92. The number of amides is 1. The Morgan fingerprint density at radius 2 is 1.41 bits per heavy atom. The largest absolute Gasteiger partial charge is 0.508 e. The highest BCUT2D eigenvalue weighted by Crippen LogP contribution is 2.51. The molecule has 6 heteroatoms. The smallest absolute Gasteiger partial charge is 0.269 e. The molecule has 3 heterocycles. The summed E-state index contributed by atoms with van der Waals surface area (Å²) in [6, 6.07) is 31.7. The van der Waals surface area contributed by atoms with E-state index in [2.05, 4.69) is 0 Å². The van der Waals surface area contributed by atoms with Crippen LogP contribution in [0.15, 0.2) is 109 Å². The molecule has 196 valence electrons. The van der Waals surface area contributed by atoms with Crippen molar-refractivity contribution in [1.82, 2.24) is 0 Å². The number of fused-ring (bicyclic) bond motifs is 2. The third-order valence-corrected chi connectivity index (χ3v) is 8.24. The summed E-state index contributed by atoms with van der Waals surface area (Å²) >= 11 is 1.50. The van der Waals surface area contributed by atoms with Crippen molar-refractivity contribution in [3.63, 3.8) is 0 Å². The second-order valence-corrected chi connectivity index (χ2v) is 10.7. The number of ether oxygens (including phenoxy) is 1. The highest BCUT2D eigenvalue weighted by molar-refractivity contribution is 7.17. The van der Waals surface area contributed by atoms with Crippen LogP contribution in [0.1, 0.15) is 41.1 Å². The molecule has 7 rings (SSSR count). The zero-order chi connectivity index (χ0) is 26.8. The van der Waals surface area contributed by atoms with E-state index in [4.69, 9.17) is 4.74 Å². The summed E-state index contributed by atoms with van der Waals surface area (Å²) in [5.74, 6) is -0.591. The standard InChI is InChI=1S/C29H21NO3S.C4H8O/c31-25-17-21-15-16-34-26(21)18-23(25)29(33)22-13-7-8-14-24(22)30(28(29)32)27(19-9-3-1-4-10-19)20-11-5-2-6-12-20;1-2-4-5-3-1/h1-18,27,31,33H;1-4H2. The number of carbonyl (C=O) groups excluding carboxylic acids is 1. The average molecular weight is 536 g/mol. The van der Waals surface area contributed by atoms with Crippen molar-refractivity contribution in [1.29, 1.82) is 0 Å². The van der Waals surface area contributed by atoms with Crippen LogP contribution in [0, 0.1) is 0 Å². The van der Waals surface area contributed by atoms with Gasteiger partial charge in [-0.05, 0) is 59.0 Å². The van der Waals surface area contributed by atoms with E-state index in [9.17, 15) is 15.0 Å². The van der Waals surface area contributed by atoms with Gasteiger partial charge < -0.3 is 14.9 Å². The number of hydrogen-bond acceptors (Lipinski definition) is 5. The first kappa shape index (κ1) is 25.3. The number of thiophene rings is 1. The lowest BCUT2D eigenvalue weighted by molar-refractivity contribution is -0.132. The van der Waals surface area contributed by atoms with Crippen molar-refractivity contribution in [2.75, 3.05) is 18.1 Å². The van der Waals surface area contributed by atoms with Gasteiger partial charge in [0.1, 0.15) is 5.75 Å². The fourth-order valence-electron chi connectivity index (χ4n) is 5.46. The average Bonchev–Trinajstić information content (AvgIpc) is 3.74. The van der Waals surface area contributed by atoms with Crippen molar-refractivity contribution in [3.05, 3.63) is 131 Å². The summed E-state index contributed by atoms with van der Waals surface area (Å²) in [5.41, 5.74) is 1.13. The van der Waals surface area contributed by atoms with Crippen molar-refractivity contribution in [2.24, 2.45) is 0 Å². The maximum Gasteiger partial charge on any atom is 0.269 e. The Bertz CT molecular complexity index is 1550. The Hall–Kier alpha value is -3.97. The minimum Gasteiger partial charge on any atom is -0.508 e. The second kappa shape index (κ2) is 10.7. The predicted molar refractivity (Wildman–Crippen MR) is 155 cm³/mol.